The molecule has 0 heterocycles. The van der Waals surface area contributed by atoms with Crippen molar-refractivity contribution in [3.63, 3.8) is 0 Å². The van der Waals surface area contributed by atoms with Crippen molar-refractivity contribution in [2.24, 2.45) is 0 Å². The fourth-order valence-corrected chi connectivity index (χ4v) is 1.76. The molecule has 0 spiro atoms. The number of benzene rings is 1. The highest BCUT2D eigenvalue weighted by atomic mass is 35.5. The van der Waals surface area contributed by atoms with Gasteiger partial charge in [0, 0.05) is 19.0 Å². The van der Waals surface area contributed by atoms with Crippen molar-refractivity contribution in [2.75, 3.05) is 19.0 Å². The van der Waals surface area contributed by atoms with Crippen molar-refractivity contribution in [3.8, 4) is 5.75 Å². The standard InChI is InChI=1S/C11H13Cl2NO2/c1-2-14(6-5-12)11(16)9-7-8(15)3-4-10(9)13/h3-4,7,15H,2,5-6H2,1H3. The van der Waals surface area contributed by atoms with Gasteiger partial charge in [-0.05, 0) is 25.1 Å². The van der Waals surface area contributed by atoms with Crippen LogP contribution in [0.25, 0.3) is 0 Å². The van der Waals surface area contributed by atoms with Gasteiger partial charge in [-0.25, -0.2) is 0 Å². The Balaban J connectivity index is 2.98. The lowest BCUT2D eigenvalue weighted by molar-refractivity contribution is 0.0774. The zero-order chi connectivity index (χ0) is 12.1. The number of carbonyl (C=O) groups excluding carboxylic acids is 1. The zero-order valence-electron chi connectivity index (χ0n) is 8.91. The first kappa shape index (κ1) is 13.1. The van der Waals surface area contributed by atoms with Crippen LogP contribution in [0.4, 0.5) is 0 Å². The van der Waals surface area contributed by atoms with Gasteiger partial charge in [-0.3, -0.25) is 4.79 Å². The number of hydrogen-bond donors (Lipinski definition) is 1. The average Bonchev–Trinajstić information content (AvgIpc) is 2.28. The van der Waals surface area contributed by atoms with Crippen LogP contribution in [0.1, 0.15) is 17.3 Å². The van der Waals surface area contributed by atoms with Crippen molar-refractivity contribution in [3.05, 3.63) is 28.8 Å². The molecular formula is C11H13Cl2NO2. The normalized spacial score (nSPS) is 10.2. The van der Waals surface area contributed by atoms with E-state index in [0.717, 1.165) is 0 Å². The molecule has 5 heteroatoms. The first-order chi connectivity index (χ1) is 7.60. The van der Waals surface area contributed by atoms with E-state index in [9.17, 15) is 9.90 Å². The first-order valence-electron chi connectivity index (χ1n) is 4.94. The Morgan fingerprint density at radius 2 is 2.19 bits per heavy atom. The first-order valence-corrected chi connectivity index (χ1v) is 5.85. The van der Waals surface area contributed by atoms with Crippen LogP contribution in [0.2, 0.25) is 5.02 Å². The fraction of sp³-hybridized carbons (Fsp3) is 0.364. The Kier molecular flexibility index (Phi) is 4.90. The van der Waals surface area contributed by atoms with E-state index in [4.69, 9.17) is 23.2 Å². The van der Waals surface area contributed by atoms with Crippen molar-refractivity contribution in [1.82, 2.24) is 4.90 Å². The highest BCUT2D eigenvalue weighted by Crippen LogP contribution is 2.22. The molecule has 0 fully saturated rings. The van der Waals surface area contributed by atoms with Crippen molar-refractivity contribution in [2.45, 2.75) is 6.92 Å². The molecule has 1 aromatic carbocycles. The Morgan fingerprint density at radius 1 is 1.50 bits per heavy atom. The summed E-state index contributed by atoms with van der Waals surface area (Å²) in [5.74, 6) is 0.175. The Morgan fingerprint density at radius 3 is 2.75 bits per heavy atom. The molecule has 88 valence electrons. The van der Waals surface area contributed by atoms with E-state index in [1.807, 2.05) is 6.92 Å². The van der Waals surface area contributed by atoms with Crippen molar-refractivity contribution in [1.29, 1.82) is 0 Å². The number of rotatable bonds is 4. The summed E-state index contributed by atoms with van der Waals surface area (Å²) >= 11 is 11.5. The highest BCUT2D eigenvalue weighted by Gasteiger charge is 2.17. The molecule has 1 amide bonds. The molecule has 1 aromatic rings. The van der Waals surface area contributed by atoms with Gasteiger partial charge in [0.2, 0.25) is 0 Å². The Labute approximate surface area is 105 Å². The van der Waals surface area contributed by atoms with Crippen LogP contribution in [0.15, 0.2) is 18.2 Å². The van der Waals surface area contributed by atoms with Crippen molar-refractivity contribution < 1.29 is 9.90 Å². The summed E-state index contributed by atoms with van der Waals surface area (Å²) in [6.45, 7) is 2.88. The van der Waals surface area contributed by atoms with Gasteiger partial charge in [-0.15, -0.1) is 11.6 Å². The minimum absolute atomic E-state index is 0.0228. The van der Waals surface area contributed by atoms with Crippen molar-refractivity contribution >= 4 is 29.1 Å². The lowest BCUT2D eigenvalue weighted by Crippen LogP contribution is -2.32. The van der Waals surface area contributed by atoms with Crippen LogP contribution in [-0.2, 0) is 0 Å². The molecule has 3 nitrogen and oxygen atoms in total. The maximum Gasteiger partial charge on any atom is 0.255 e. The van der Waals surface area contributed by atoms with E-state index in [1.165, 1.54) is 18.2 Å². The van der Waals surface area contributed by atoms with E-state index in [-0.39, 0.29) is 11.7 Å². The molecule has 1 N–H and O–H groups in total. The third kappa shape index (κ3) is 3.03. The van der Waals surface area contributed by atoms with Gasteiger partial charge in [-0.2, -0.15) is 0 Å². The summed E-state index contributed by atoms with van der Waals surface area (Å²) in [5, 5.41) is 9.64. The lowest BCUT2D eigenvalue weighted by Gasteiger charge is -2.20. The topological polar surface area (TPSA) is 40.5 Å². The monoisotopic (exact) mass is 261 g/mol. The third-order valence-electron chi connectivity index (χ3n) is 2.20. The predicted molar refractivity (Wildman–Crippen MR) is 65.4 cm³/mol. The summed E-state index contributed by atoms with van der Waals surface area (Å²) < 4.78 is 0. The molecule has 0 aliphatic rings. The quantitative estimate of drug-likeness (QED) is 0.847. The van der Waals surface area contributed by atoms with Crippen LogP contribution in [0.3, 0.4) is 0 Å². The number of phenols is 1. The van der Waals surface area contributed by atoms with E-state index in [0.29, 0.717) is 29.6 Å². The predicted octanol–water partition coefficient (Wildman–Crippen LogP) is 2.75. The number of amides is 1. The van der Waals surface area contributed by atoms with Crippen LogP contribution < -0.4 is 0 Å². The molecular weight excluding hydrogens is 249 g/mol. The van der Waals surface area contributed by atoms with Crippen LogP contribution in [-0.4, -0.2) is 34.9 Å². The molecule has 0 bridgehead atoms. The third-order valence-corrected chi connectivity index (χ3v) is 2.70. The largest absolute Gasteiger partial charge is 0.508 e. The number of alkyl halides is 1. The summed E-state index contributed by atoms with van der Waals surface area (Å²) in [6.07, 6.45) is 0. The maximum atomic E-state index is 12.0. The lowest BCUT2D eigenvalue weighted by atomic mass is 10.2. The highest BCUT2D eigenvalue weighted by molar-refractivity contribution is 6.33. The number of carbonyl (C=O) groups is 1. The summed E-state index contributed by atoms with van der Waals surface area (Å²) in [5.41, 5.74) is 0.300. The summed E-state index contributed by atoms with van der Waals surface area (Å²) in [7, 11) is 0. The van der Waals surface area contributed by atoms with Gasteiger partial charge < -0.3 is 10.0 Å². The second-order valence-corrected chi connectivity index (χ2v) is 4.02. The van der Waals surface area contributed by atoms with Gasteiger partial charge in [0.05, 0.1) is 10.6 Å². The molecule has 16 heavy (non-hydrogen) atoms. The van der Waals surface area contributed by atoms with Crippen LogP contribution >= 0.6 is 23.2 Å². The number of hydrogen-bond acceptors (Lipinski definition) is 2. The number of phenolic OH excluding ortho intramolecular Hbond substituents is 1. The fourth-order valence-electron chi connectivity index (χ4n) is 1.35. The second-order valence-electron chi connectivity index (χ2n) is 3.24. The molecule has 0 aliphatic heterocycles. The number of aromatic hydroxyl groups is 1. The summed E-state index contributed by atoms with van der Waals surface area (Å²) in [6, 6.07) is 4.30. The molecule has 0 saturated heterocycles. The molecule has 0 radical (unpaired) electrons. The van der Waals surface area contributed by atoms with Crippen LogP contribution in [0.5, 0.6) is 5.75 Å². The van der Waals surface area contributed by atoms with E-state index in [1.54, 1.807) is 4.90 Å². The minimum Gasteiger partial charge on any atom is -0.508 e. The Bertz CT molecular complexity index is 382. The SMILES string of the molecule is CCN(CCCl)C(=O)c1cc(O)ccc1Cl. The van der Waals surface area contributed by atoms with Gasteiger partial charge in [-0.1, -0.05) is 11.6 Å². The number of nitrogens with zero attached hydrogens (tertiary/aromatic N) is 1. The number of halogens is 2. The Hall–Kier alpha value is -0.930. The zero-order valence-corrected chi connectivity index (χ0v) is 10.4. The van der Waals surface area contributed by atoms with Gasteiger partial charge in [0.1, 0.15) is 5.75 Å². The summed E-state index contributed by atoms with van der Waals surface area (Å²) in [4.78, 5) is 13.6. The van der Waals surface area contributed by atoms with E-state index in [2.05, 4.69) is 0 Å². The second kappa shape index (κ2) is 5.97. The van der Waals surface area contributed by atoms with Gasteiger partial charge in [0.25, 0.3) is 5.91 Å². The van der Waals surface area contributed by atoms with Crippen LogP contribution in [0, 0.1) is 0 Å². The van der Waals surface area contributed by atoms with Gasteiger partial charge >= 0.3 is 0 Å². The maximum absolute atomic E-state index is 12.0. The van der Waals surface area contributed by atoms with Gasteiger partial charge in [0.15, 0.2) is 0 Å². The molecule has 0 aromatic heterocycles. The minimum atomic E-state index is -0.218. The average molecular weight is 262 g/mol. The van der Waals surface area contributed by atoms with E-state index >= 15 is 0 Å². The molecule has 0 saturated carbocycles. The smallest absolute Gasteiger partial charge is 0.255 e. The molecule has 1 rings (SSSR count). The molecule has 0 unspecified atom stereocenters. The molecule has 0 atom stereocenters. The molecule has 0 aliphatic carbocycles. The van der Waals surface area contributed by atoms with E-state index < -0.39 is 0 Å².